The number of hydrogen-bond donors (Lipinski definition) is 1. The number of rotatable bonds is 4. The number of aromatic nitrogens is 4. The molecule has 1 unspecified atom stereocenters. The molecule has 0 aromatic carbocycles. The van der Waals surface area contributed by atoms with Gasteiger partial charge in [-0.05, 0) is 37.8 Å². The number of H-pyrrole nitrogens is 1. The Bertz CT molecular complexity index is 983. The maximum absolute atomic E-state index is 11.6. The second kappa shape index (κ2) is 7.19. The van der Waals surface area contributed by atoms with Crippen LogP contribution < -0.4 is 4.90 Å². The number of methoxy groups -OCH3 is 1. The van der Waals surface area contributed by atoms with E-state index in [4.69, 9.17) is 20.8 Å². The van der Waals surface area contributed by atoms with Gasteiger partial charge in [-0.25, -0.2) is 15.0 Å². The monoisotopic (exact) mass is 389 g/mol. The van der Waals surface area contributed by atoms with Gasteiger partial charge in [0.05, 0.1) is 7.11 Å². The average molecular weight is 390 g/mol. The van der Waals surface area contributed by atoms with E-state index in [1.807, 2.05) is 19.1 Å². The molecule has 0 aliphatic carbocycles. The van der Waals surface area contributed by atoms with Crippen molar-refractivity contribution >= 4 is 34.7 Å². The second-order valence-corrected chi connectivity index (χ2v) is 7.10. The van der Waals surface area contributed by atoms with Crippen molar-refractivity contribution in [3.8, 4) is 11.6 Å². The highest BCUT2D eigenvalue weighted by atomic mass is 35.5. The molecule has 1 aliphatic rings. The Morgan fingerprint density at radius 3 is 3.00 bits per heavy atom. The summed E-state index contributed by atoms with van der Waals surface area (Å²) in [5.41, 5.74) is 1.08. The SMILES string of the molecule is COC(=O)CC1CCCN(c2nc3c(Cl)nc(-c4ccc(C)o4)nc3[nH]2)C1. The summed E-state index contributed by atoms with van der Waals surface area (Å²) < 4.78 is 10.4. The summed E-state index contributed by atoms with van der Waals surface area (Å²) in [6.45, 7) is 3.44. The third-order valence-electron chi connectivity index (χ3n) is 4.75. The minimum Gasteiger partial charge on any atom is -0.469 e. The maximum atomic E-state index is 11.6. The number of imidazole rings is 1. The predicted molar refractivity (Wildman–Crippen MR) is 101 cm³/mol. The van der Waals surface area contributed by atoms with Crippen LogP contribution in [0.5, 0.6) is 0 Å². The first-order valence-electron chi connectivity index (χ1n) is 8.85. The Labute approximate surface area is 160 Å². The Kier molecular flexibility index (Phi) is 4.73. The standard InChI is InChI=1S/C18H20ClN5O3/c1-10-5-6-12(27-10)16-21-15(19)14-17(22-16)23-18(20-14)24-7-3-4-11(9-24)8-13(25)26-2/h5-6,11H,3-4,7-9H2,1-2H3,(H,20,21,22,23). The highest BCUT2D eigenvalue weighted by Gasteiger charge is 2.25. The van der Waals surface area contributed by atoms with Crippen molar-refractivity contribution in [2.24, 2.45) is 5.92 Å². The van der Waals surface area contributed by atoms with Gasteiger partial charge < -0.3 is 19.0 Å². The van der Waals surface area contributed by atoms with Crippen molar-refractivity contribution in [3.05, 3.63) is 23.0 Å². The van der Waals surface area contributed by atoms with Crippen LogP contribution in [-0.2, 0) is 9.53 Å². The molecule has 0 amide bonds. The molecule has 1 saturated heterocycles. The molecule has 142 valence electrons. The minimum atomic E-state index is -0.182. The minimum absolute atomic E-state index is 0.182. The number of hydrogen-bond acceptors (Lipinski definition) is 7. The first kappa shape index (κ1) is 17.8. The van der Waals surface area contributed by atoms with E-state index >= 15 is 0 Å². The molecule has 3 aromatic rings. The largest absolute Gasteiger partial charge is 0.469 e. The van der Waals surface area contributed by atoms with Crippen LogP contribution in [0.4, 0.5) is 5.95 Å². The number of ether oxygens (including phenoxy) is 1. The van der Waals surface area contributed by atoms with Crippen LogP contribution in [0.25, 0.3) is 22.7 Å². The zero-order valence-electron chi connectivity index (χ0n) is 15.2. The first-order valence-corrected chi connectivity index (χ1v) is 9.23. The van der Waals surface area contributed by atoms with E-state index in [2.05, 4.69) is 24.8 Å². The van der Waals surface area contributed by atoms with Gasteiger partial charge in [-0.3, -0.25) is 4.79 Å². The third-order valence-corrected chi connectivity index (χ3v) is 5.02. The van der Waals surface area contributed by atoms with Crippen molar-refractivity contribution < 1.29 is 13.9 Å². The molecule has 3 aromatic heterocycles. The van der Waals surface area contributed by atoms with Gasteiger partial charge in [-0.15, -0.1) is 0 Å². The van der Waals surface area contributed by atoms with Crippen LogP contribution in [0.1, 0.15) is 25.0 Å². The van der Waals surface area contributed by atoms with Gasteiger partial charge in [0.2, 0.25) is 5.95 Å². The molecule has 0 spiro atoms. The molecule has 4 rings (SSSR count). The van der Waals surface area contributed by atoms with E-state index in [-0.39, 0.29) is 17.0 Å². The molecule has 1 N–H and O–H groups in total. The molecule has 0 saturated carbocycles. The van der Waals surface area contributed by atoms with Crippen LogP contribution in [0.3, 0.4) is 0 Å². The quantitative estimate of drug-likeness (QED) is 0.539. The Morgan fingerprint density at radius 2 is 2.26 bits per heavy atom. The molecule has 8 nitrogen and oxygen atoms in total. The van der Waals surface area contributed by atoms with Crippen LogP contribution >= 0.6 is 11.6 Å². The summed E-state index contributed by atoms with van der Waals surface area (Å²) in [7, 11) is 1.42. The maximum Gasteiger partial charge on any atom is 0.305 e. The van der Waals surface area contributed by atoms with Gasteiger partial charge in [0, 0.05) is 19.5 Å². The van der Waals surface area contributed by atoms with E-state index < -0.39 is 0 Å². The van der Waals surface area contributed by atoms with Crippen molar-refractivity contribution in [1.82, 2.24) is 19.9 Å². The summed E-state index contributed by atoms with van der Waals surface area (Å²) in [6, 6.07) is 3.66. The summed E-state index contributed by atoms with van der Waals surface area (Å²) in [4.78, 5) is 30.3. The third kappa shape index (κ3) is 3.62. The lowest BCUT2D eigenvalue weighted by Crippen LogP contribution is -2.37. The fraction of sp³-hybridized carbons (Fsp3) is 0.444. The van der Waals surface area contributed by atoms with Crippen LogP contribution in [0.15, 0.2) is 16.5 Å². The van der Waals surface area contributed by atoms with Crippen molar-refractivity contribution in [1.29, 1.82) is 0 Å². The van der Waals surface area contributed by atoms with Gasteiger partial charge in [-0.2, -0.15) is 0 Å². The van der Waals surface area contributed by atoms with Gasteiger partial charge in [0.1, 0.15) is 11.3 Å². The molecule has 1 atom stereocenters. The number of furan rings is 1. The van der Waals surface area contributed by atoms with Crippen molar-refractivity contribution in [3.63, 3.8) is 0 Å². The summed E-state index contributed by atoms with van der Waals surface area (Å²) >= 11 is 6.33. The Balaban J connectivity index is 1.61. The van der Waals surface area contributed by atoms with E-state index in [0.29, 0.717) is 35.1 Å². The molecule has 9 heteroatoms. The molecular formula is C18H20ClN5O3. The number of nitrogens with one attached hydrogen (secondary N) is 1. The molecule has 27 heavy (non-hydrogen) atoms. The average Bonchev–Trinajstić information content (AvgIpc) is 3.28. The zero-order chi connectivity index (χ0) is 19.0. The number of halogens is 1. The van der Waals surface area contributed by atoms with Crippen molar-refractivity contribution in [2.75, 3.05) is 25.1 Å². The molecule has 4 heterocycles. The van der Waals surface area contributed by atoms with Crippen LogP contribution in [0, 0.1) is 12.8 Å². The van der Waals surface area contributed by atoms with Gasteiger partial charge in [-0.1, -0.05) is 11.6 Å². The number of fused-ring (bicyclic) bond motifs is 1. The van der Waals surface area contributed by atoms with E-state index in [1.165, 1.54) is 7.11 Å². The van der Waals surface area contributed by atoms with E-state index in [9.17, 15) is 4.79 Å². The summed E-state index contributed by atoms with van der Waals surface area (Å²) in [5.74, 6) is 2.49. The number of aryl methyl sites for hydroxylation is 1. The number of piperidine rings is 1. The first-order chi connectivity index (χ1) is 13.0. The molecule has 0 radical (unpaired) electrons. The topological polar surface area (TPSA) is 97.1 Å². The number of anilines is 1. The number of aromatic amines is 1. The second-order valence-electron chi connectivity index (χ2n) is 6.74. The Hall–Kier alpha value is -2.61. The molecule has 1 fully saturated rings. The lowest BCUT2D eigenvalue weighted by Gasteiger charge is -2.31. The van der Waals surface area contributed by atoms with Gasteiger partial charge in [0.15, 0.2) is 22.4 Å². The van der Waals surface area contributed by atoms with Gasteiger partial charge in [0.25, 0.3) is 0 Å². The smallest absolute Gasteiger partial charge is 0.305 e. The summed E-state index contributed by atoms with van der Waals surface area (Å²) in [5, 5.41) is 0.273. The lowest BCUT2D eigenvalue weighted by molar-refractivity contribution is -0.141. The van der Waals surface area contributed by atoms with Gasteiger partial charge >= 0.3 is 5.97 Å². The Morgan fingerprint density at radius 1 is 1.41 bits per heavy atom. The number of carbonyl (C=O) groups excluding carboxylic acids is 1. The molecule has 1 aliphatic heterocycles. The highest BCUT2D eigenvalue weighted by Crippen LogP contribution is 2.29. The number of carbonyl (C=O) groups is 1. The van der Waals surface area contributed by atoms with E-state index in [0.717, 1.165) is 31.7 Å². The van der Waals surface area contributed by atoms with Crippen LogP contribution in [0.2, 0.25) is 5.15 Å². The number of nitrogens with zero attached hydrogens (tertiary/aromatic N) is 4. The normalized spacial score (nSPS) is 17.4. The highest BCUT2D eigenvalue weighted by molar-refractivity contribution is 6.33. The fourth-order valence-electron chi connectivity index (χ4n) is 3.41. The van der Waals surface area contributed by atoms with Crippen LogP contribution in [-0.4, -0.2) is 46.1 Å². The summed E-state index contributed by atoms with van der Waals surface area (Å²) in [6.07, 6.45) is 2.39. The lowest BCUT2D eigenvalue weighted by atomic mass is 9.95. The van der Waals surface area contributed by atoms with Crippen molar-refractivity contribution in [2.45, 2.75) is 26.2 Å². The number of esters is 1. The zero-order valence-corrected chi connectivity index (χ0v) is 15.9. The van der Waals surface area contributed by atoms with E-state index in [1.54, 1.807) is 0 Å². The molecular weight excluding hydrogens is 370 g/mol. The molecule has 0 bridgehead atoms. The fourth-order valence-corrected chi connectivity index (χ4v) is 3.62. The predicted octanol–water partition coefficient (Wildman–Crippen LogP) is 3.35.